The number of anilines is 1. The van der Waals surface area contributed by atoms with Crippen LogP contribution in [0.3, 0.4) is 0 Å². The van der Waals surface area contributed by atoms with Crippen molar-refractivity contribution in [3.05, 3.63) is 52.2 Å². The third-order valence-corrected chi connectivity index (χ3v) is 3.44. The molecule has 2 rings (SSSR count). The summed E-state index contributed by atoms with van der Waals surface area (Å²) >= 11 is 1.46. The van der Waals surface area contributed by atoms with Gasteiger partial charge in [0.05, 0.1) is 5.56 Å². The quantitative estimate of drug-likeness (QED) is 0.851. The molecule has 116 valence electrons. The van der Waals surface area contributed by atoms with Gasteiger partial charge in [-0.1, -0.05) is 0 Å². The van der Waals surface area contributed by atoms with E-state index in [9.17, 15) is 22.8 Å². The first kappa shape index (κ1) is 16.0. The number of carbonyl (C=O) groups excluding carboxylic acids is 2. The van der Waals surface area contributed by atoms with E-state index in [4.69, 9.17) is 0 Å². The van der Waals surface area contributed by atoms with Crippen LogP contribution in [0.5, 0.6) is 0 Å². The van der Waals surface area contributed by atoms with Gasteiger partial charge in [-0.2, -0.15) is 24.5 Å². The Labute approximate surface area is 128 Å². The second-order valence-electron chi connectivity index (χ2n) is 4.34. The SMILES string of the molecule is O=C(NCc1ccsc1)C(=O)Nc1ccc(C(F)(F)F)cc1. The Morgan fingerprint density at radius 1 is 1.05 bits per heavy atom. The topological polar surface area (TPSA) is 58.2 Å². The number of alkyl halides is 3. The molecule has 0 aliphatic carbocycles. The van der Waals surface area contributed by atoms with Crippen molar-refractivity contribution >= 4 is 28.8 Å². The zero-order chi connectivity index (χ0) is 16.2. The lowest BCUT2D eigenvalue weighted by Gasteiger charge is -2.09. The van der Waals surface area contributed by atoms with E-state index < -0.39 is 23.6 Å². The maximum atomic E-state index is 12.4. The van der Waals surface area contributed by atoms with Gasteiger partial charge in [-0.15, -0.1) is 0 Å². The van der Waals surface area contributed by atoms with Crippen LogP contribution < -0.4 is 10.6 Å². The van der Waals surface area contributed by atoms with Gasteiger partial charge in [0.2, 0.25) is 0 Å². The molecule has 0 aliphatic heterocycles. The molecule has 1 aromatic carbocycles. The van der Waals surface area contributed by atoms with Crippen molar-refractivity contribution in [1.29, 1.82) is 0 Å². The summed E-state index contributed by atoms with van der Waals surface area (Å²) in [5.41, 5.74) is 0.150. The van der Waals surface area contributed by atoms with E-state index in [-0.39, 0.29) is 12.2 Å². The van der Waals surface area contributed by atoms with Gasteiger partial charge < -0.3 is 10.6 Å². The van der Waals surface area contributed by atoms with E-state index >= 15 is 0 Å². The van der Waals surface area contributed by atoms with Gasteiger partial charge in [-0.25, -0.2) is 0 Å². The van der Waals surface area contributed by atoms with Crippen molar-refractivity contribution in [3.8, 4) is 0 Å². The fraction of sp³-hybridized carbons (Fsp3) is 0.143. The molecule has 0 radical (unpaired) electrons. The van der Waals surface area contributed by atoms with Crippen molar-refractivity contribution in [2.45, 2.75) is 12.7 Å². The number of thiophene rings is 1. The van der Waals surface area contributed by atoms with Crippen molar-refractivity contribution < 1.29 is 22.8 Å². The summed E-state index contributed by atoms with van der Waals surface area (Å²) in [5.74, 6) is -1.79. The predicted octanol–water partition coefficient (Wildman–Crippen LogP) is 3.02. The molecule has 0 saturated heterocycles. The molecule has 2 N–H and O–H groups in total. The summed E-state index contributed by atoms with van der Waals surface area (Å²) in [5, 5.41) is 8.32. The molecular weight excluding hydrogens is 317 g/mol. The molecule has 1 aromatic heterocycles. The summed E-state index contributed by atoms with van der Waals surface area (Å²) in [6.07, 6.45) is -4.44. The standard InChI is InChI=1S/C14H11F3N2O2S/c15-14(16,17)10-1-3-11(4-2-10)19-13(21)12(20)18-7-9-5-6-22-8-9/h1-6,8H,7H2,(H,18,20)(H,19,21). The summed E-state index contributed by atoms with van der Waals surface area (Å²) in [6.45, 7) is 0.211. The smallest absolute Gasteiger partial charge is 0.344 e. The largest absolute Gasteiger partial charge is 0.416 e. The van der Waals surface area contributed by atoms with E-state index in [1.807, 2.05) is 10.8 Å². The van der Waals surface area contributed by atoms with Crippen LogP contribution in [0.25, 0.3) is 0 Å². The van der Waals surface area contributed by atoms with Crippen molar-refractivity contribution in [2.75, 3.05) is 5.32 Å². The lowest BCUT2D eigenvalue weighted by atomic mass is 10.2. The van der Waals surface area contributed by atoms with Crippen LogP contribution in [0.15, 0.2) is 41.1 Å². The molecule has 0 bridgehead atoms. The normalized spacial score (nSPS) is 11.0. The maximum absolute atomic E-state index is 12.4. The van der Waals surface area contributed by atoms with Crippen LogP contribution in [0.1, 0.15) is 11.1 Å². The van der Waals surface area contributed by atoms with Gasteiger partial charge in [0.1, 0.15) is 0 Å². The first-order valence-corrected chi connectivity index (χ1v) is 7.08. The Bertz CT molecular complexity index is 652. The highest BCUT2D eigenvalue weighted by Crippen LogP contribution is 2.29. The molecule has 0 unspecified atom stereocenters. The molecule has 2 aromatic rings. The molecule has 0 atom stereocenters. The molecule has 4 nitrogen and oxygen atoms in total. The van der Waals surface area contributed by atoms with Crippen LogP contribution in [0.2, 0.25) is 0 Å². The molecular formula is C14H11F3N2O2S. The number of benzene rings is 1. The number of amides is 2. The Morgan fingerprint density at radius 2 is 1.73 bits per heavy atom. The zero-order valence-corrected chi connectivity index (χ0v) is 11.9. The highest BCUT2D eigenvalue weighted by molar-refractivity contribution is 7.07. The van der Waals surface area contributed by atoms with Crippen LogP contribution in [0.4, 0.5) is 18.9 Å². The first-order valence-electron chi connectivity index (χ1n) is 6.14. The molecule has 8 heteroatoms. The van der Waals surface area contributed by atoms with Gasteiger partial charge in [0.25, 0.3) is 0 Å². The van der Waals surface area contributed by atoms with Gasteiger partial charge in [0.15, 0.2) is 0 Å². The lowest BCUT2D eigenvalue weighted by molar-refractivity contribution is -0.137. The number of hydrogen-bond donors (Lipinski definition) is 2. The van der Waals surface area contributed by atoms with Crippen LogP contribution in [0, 0.1) is 0 Å². The highest BCUT2D eigenvalue weighted by atomic mass is 32.1. The first-order chi connectivity index (χ1) is 10.4. The van der Waals surface area contributed by atoms with Crippen molar-refractivity contribution in [1.82, 2.24) is 5.32 Å². The Morgan fingerprint density at radius 3 is 2.27 bits per heavy atom. The minimum atomic E-state index is -4.44. The highest BCUT2D eigenvalue weighted by Gasteiger charge is 2.30. The Kier molecular flexibility index (Phi) is 4.81. The minimum Gasteiger partial charge on any atom is -0.344 e. The second kappa shape index (κ2) is 6.61. The second-order valence-corrected chi connectivity index (χ2v) is 5.12. The van der Waals surface area contributed by atoms with Crippen LogP contribution in [-0.4, -0.2) is 11.8 Å². The minimum absolute atomic E-state index is 0.115. The van der Waals surface area contributed by atoms with E-state index in [2.05, 4.69) is 10.6 Å². The number of hydrogen-bond acceptors (Lipinski definition) is 3. The number of carbonyl (C=O) groups is 2. The fourth-order valence-corrected chi connectivity index (χ4v) is 2.25. The number of rotatable bonds is 3. The Balaban J connectivity index is 1.89. The van der Waals surface area contributed by atoms with E-state index in [0.717, 1.165) is 29.8 Å². The predicted molar refractivity (Wildman–Crippen MR) is 76.2 cm³/mol. The number of halogens is 3. The van der Waals surface area contributed by atoms with Crippen molar-refractivity contribution in [3.63, 3.8) is 0 Å². The van der Waals surface area contributed by atoms with Crippen LogP contribution in [-0.2, 0) is 22.3 Å². The van der Waals surface area contributed by atoms with Gasteiger partial charge in [0, 0.05) is 12.2 Å². The molecule has 1 heterocycles. The summed E-state index contributed by atoms with van der Waals surface area (Å²) in [7, 11) is 0. The summed E-state index contributed by atoms with van der Waals surface area (Å²) in [6, 6.07) is 5.65. The summed E-state index contributed by atoms with van der Waals surface area (Å²) in [4.78, 5) is 23.2. The Hall–Kier alpha value is -2.35. The van der Waals surface area contributed by atoms with Crippen LogP contribution >= 0.6 is 11.3 Å². The van der Waals surface area contributed by atoms with Gasteiger partial charge >= 0.3 is 18.0 Å². The average molecular weight is 328 g/mol. The van der Waals surface area contributed by atoms with Gasteiger partial charge in [-0.3, -0.25) is 9.59 Å². The van der Waals surface area contributed by atoms with E-state index in [0.29, 0.717) is 0 Å². The molecule has 0 aliphatic rings. The lowest BCUT2D eigenvalue weighted by Crippen LogP contribution is -2.34. The zero-order valence-electron chi connectivity index (χ0n) is 11.1. The molecule has 2 amide bonds. The third-order valence-electron chi connectivity index (χ3n) is 2.71. The van der Waals surface area contributed by atoms with Gasteiger partial charge in [-0.05, 0) is 46.7 Å². The van der Waals surface area contributed by atoms with E-state index in [1.165, 1.54) is 11.3 Å². The van der Waals surface area contributed by atoms with E-state index in [1.54, 1.807) is 6.07 Å². The maximum Gasteiger partial charge on any atom is 0.416 e. The molecule has 0 spiro atoms. The third kappa shape index (κ3) is 4.32. The monoisotopic (exact) mass is 328 g/mol. The summed E-state index contributed by atoms with van der Waals surface area (Å²) < 4.78 is 37.2. The van der Waals surface area contributed by atoms with Crippen molar-refractivity contribution in [2.24, 2.45) is 0 Å². The molecule has 0 fully saturated rings. The fourth-order valence-electron chi connectivity index (χ4n) is 1.59. The average Bonchev–Trinajstić information content (AvgIpc) is 2.97. The molecule has 0 saturated carbocycles. The molecule has 22 heavy (non-hydrogen) atoms. The number of nitrogens with one attached hydrogen (secondary N) is 2.